The number of nitrogens with one attached hydrogen (secondary N) is 3. The fraction of sp³-hybridized carbons (Fsp3) is 0.0345. The quantitative estimate of drug-likeness (QED) is 0.172. The Balaban J connectivity index is 1.44. The fourth-order valence-corrected chi connectivity index (χ4v) is 4.27. The first-order valence-electron chi connectivity index (χ1n) is 11.7. The van der Waals surface area contributed by atoms with Crippen molar-refractivity contribution in [1.29, 1.82) is 0 Å². The van der Waals surface area contributed by atoms with Crippen molar-refractivity contribution in [3.63, 3.8) is 0 Å². The zero-order valence-electron chi connectivity index (χ0n) is 20.4. The van der Waals surface area contributed by atoms with Gasteiger partial charge in [0.2, 0.25) is 5.91 Å². The average molecular weight is 561 g/mol. The third kappa shape index (κ3) is 8.00. The normalized spacial score (nSPS) is 11.0. The summed E-state index contributed by atoms with van der Waals surface area (Å²) < 4.78 is 14.5. The summed E-state index contributed by atoms with van der Waals surface area (Å²) in [6, 6.07) is 22.7. The minimum absolute atomic E-state index is 0.0329. The number of halogens is 2. The number of amides is 3. The number of thioether (sulfide) groups is 1. The van der Waals surface area contributed by atoms with Crippen LogP contribution >= 0.6 is 23.4 Å². The van der Waals surface area contributed by atoms with Gasteiger partial charge in [0, 0.05) is 39.8 Å². The minimum atomic E-state index is -0.671. The van der Waals surface area contributed by atoms with E-state index in [4.69, 9.17) is 11.6 Å². The molecule has 0 spiro atoms. The smallest absolute Gasteiger partial charge is 0.272 e. The van der Waals surface area contributed by atoms with Gasteiger partial charge in [-0.2, -0.15) is 0 Å². The van der Waals surface area contributed by atoms with E-state index in [1.165, 1.54) is 36.0 Å². The molecule has 0 aliphatic heterocycles. The van der Waals surface area contributed by atoms with Gasteiger partial charge in [-0.15, -0.1) is 11.8 Å². The van der Waals surface area contributed by atoms with E-state index in [0.29, 0.717) is 16.9 Å². The molecule has 3 N–H and O–H groups in total. The zero-order valence-corrected chi connectivity index (χ0v) is 21.9. The number of anilines is 2. The van der Waals surface area contributed by atoms with Gasteiger partial charge in [0.25, 0.3) is 11.8 Å². The lowest BCUT2D eigenvalue weighted by molar-refractivity contribution is -0.114. The molecular formula is C29H22ClFN4O3S. The number of aromatic nitrogens is 1. The number of rotatable bonds is 9. The maximum atomic E-state index is 14.5. The molecule has 4 rings (SSSR count). The number of carbonyl (C=O) groups excluding carboxylic acids is 3. The lowest BCUT2D eigenvalue weighted by atomic mass is 10.1. The number of benzene rings is 3. The standard InChI is InChI=1S/C29H22ClFN4O3S/c30-24-7-4-8-25(31)23(24)17-26(35-28(37)19-5-2-1-3-6-19)29(38)34-20-9-11-22(12-10-20)39-18-27(36)33-21-13-15-32-16-14-21/h1-17H,18H2,(H,34,38)(H,35,37)(H,32,33,36)/b26-17-. The Morgan fingerprint density at radius 3 is 2.23 bits per heavy atom. The predicted octanol–water partition coefficient (Wildman–Crippen LogP) is 6.01. The molecule has 7 nitrogen and oxygen atoms in total. The topological polar surface area (TPSA) is 100 Å². The van der Waals surface area contributed by atoms with Crippen molar-refractivity contribution in [2.75, 3.05) is 16.4 Å². The summed E-state index contributed by atoms with van der Waals surface area (Å²) in [5.74, 6) is -1.83. The molecule has 3 aromatic carbocycles. The van der Waals surface area contributed by atoms with Crippen LogP contribution in [0.2, 0.25) is 5.02 Å². The van der Waals surface area contributed by atoms with Gasteiger partial charge in [-0.1, -0.05) is 35.9 Å². The van der Waals surface area contributed by atoms with Gasteiger partial charge >= 0.3 is 0 Å². The van der Waals surface area contributed by atoms with Gasteiger partial charge in [0.1, 0.15) is 11.5 Å². The maximum Gasteiger partial charge on any atom is 0.272 e. The molecule has 1 aromatic heterocycles. The van der Waals surface area contributed by atoms with Crippen LogP contribution in [0, 0.1) is 5.82 Å². The predicted molar refractivity (Wildman–Crippen MR) is 152 cm³/mol. The number of pyridine rings is 1. The molecule has 0 saturated carbocycles. The Labute approximate surface area is 233 Å². The SMILES string of the molecule is O=C(CSc1ccc(NC(=O)/C(=C/c2c(F)cccc2Cl)NC(=O)c2ccccc2)cc1)Nc1ccncc1. The van der Waals surface area contributed by atoms with E-state index in [0.717, 1.165) is 4.90 Å². The molecule has 4 aromatic rings. The summed E-state index contributed by atoms with van der Waals surface area (Å²) in [5, 5.41) is 8.12. The highest BCUT2D eigenvalue weighted by atomic mass is 35.5. The molecule has 39 heavy (non-hydrogen) atoms. The number of carbonyl (C=O) groups is 3. The van der Waals surface area contributed by atoms with Gasteiger partial charge in [-0.05, 0) is 66.7 Å². The van der Waals surface area contributed by atoms with Crippen molar-refractivity contribution in [1.82, 2.24) is 10.3 Å². The molecule has 0 unspecified atom stereocenters. The van der Waals surface area contributed by atoms with Crippen LogP contribution in [0.5, 0.6) is 0 Å². The van der Waals surface area contributed by atoms with Crippen molar-refractivity contribution >= 4 is 58.5 Å². The number of hydrogen-bond acceptors (Lipinski definition) is 5. The van der Waals surface area contributed by atoms with Crippen LogP contribution in [0.25, 0.3) is 6.08 Å². The van der Waals surface area contributed by atoms with E-state index in [2.05, 4.69) is 20.9 Å². The second kappa shape index (κ2) is 13.4. The Bertz CT molecular complexity index is 1480. The van der Waals surface area contributed by atoms with Gasteiger partial charge in [0.15, 0.2) is 0 Å². The van der Waals surface area contributed by atoms with Crippen LogP contribution < -0.4 is 16.0 Å². The van der Waals surface area contributed by atoms with Crippen molar-refractivity contribution in [2.24, 2.45) is 0 Å². The molecule has 10 heteroatoms. The van der Waals surface area contributed by atoms with E-state index in [1.54, 1.807) is 79.1 Å². The first-order valence-corrected chi connectivity index (χ1v) is 13.0. The first kappa shape index (κ1) is 27.6. The molecule has 1 heterocycles. The Hall–Kier alpha value is -4.47. The summed E-state index contributed by atoms with van der Waals surface area (Å²) in [5.41, 5.74) is 1.19. The first-order chi connectivity index (χ1) is 18.9. The average Bonchev–Trinajstić information content (AvgIpc) is 2.95. The summed E-state index contributed by atoms with van der Waals surface area (Å²) in [6.45, 7) is 0. The van der Waals surface area contributed by atoms with Crippen LogP contribution in [-0.2, 0) is 9.59 Å². The molecule has 0 radical (unpaired) electrons. The molecule has 196 valence electrons. The Kier molecular flexibility index (Phi) is 9.44. The van der Waals surface area contributed by atoms with Crippen LogP contribution in [0.3, 0.4) is 0 Å². The van der Waals surface area contributed by atoms with Crippen molar-refractivity contribution in [3.05, 3.63) is 125 Å². The van der Waals surface area contributed by atoms with Gasteiger partial charge in [-0.25, -0.2) is 4.39 Å². The van der Waals surface area contributed by atoms with Crippen LogP contribution in [-0.4, -0.2) is 28.5 Å². The Morgan fingerprint density at radius 1 is 0.846 bits per heavy atom. The molecular weight excluding hydrogens is 539 g/mol. The maximum absolute atomic E-state index is 14.5. The lowest BCUT2D eigenvalue weighted by Gasteiger charge is -2.12. The van der Waals surface area contributed by atoms with E-state index in [-0.39, 0.29) is 27.9 Å². The van der Waals surface area contributed by atoms with Crippen molar-refractivity contribution in [3.8, 4) is 0 Å². The highest BCUT2D eigenvalue weighted by molar-refractivity contribution is 8.00. The second-order valence-electron chi connectivity index (χ2n) is 8.06. The minimum Gasteiger partial charge on any atom is -0.325 e. The summed E-state index contributed by atoms with van der Waals surface area (Å²) in [6.07, 6.45) is 4.38. The van der Waals surface area contributed by atoms with Crippen molar-refractivity contribution in [2.45, 2.75) is 4.90 Å². The van der Waals surface area contributed by atoms with Crippen LogP contribution in [0.1, 0.15) is 15.9 Å². The summed E-state index contributed by atoms with van der Waals surface area (Å²) in [7, 11) is 0. The highest BCUT2D eigenvalue weighted by Gasteiger charge is 2.17. The van der Waals surface area contributed by atoms with E-state index in [1.807, 2.05) is 0 Å². The lowest BCUT2D eigenvalue weighted by Crippen LogP contribution is -2.30. The van der Waals surface area contributed by atoms with Gasteiger partial charge in [0.05, 0.1) is 10.8 Å². The highest BCUT2D eigenvalue weighted by Crippen LogP contribution is 2.23. The zero-order chi connectivity index (χ0) is 27.6. The molecule has 0 atom stereocenters. The van der Waals surface area contributed by atoms with Crippen LogP contribution in [0.15, 0.2) is 108 Å². The van der Waals surface area contributed by atoms with Crippen LogP contribution in [0.4, 0.5) is 15.8 Å². The van der Waals surface area contributed by atoms with E-state index in [9.17, 15) is 18.8 Å². The third-order valence-electron chi connectivity index (χ3n) is 5.26. The molecule has 3 amide bonds. The number of nitrogens with zero attached hydrogens (tertiary/aromatic N) is 1. The van der Waals surface area contributed by atoms with Gasteiger partial charge < -0.3 is 16.0 Å². The fourth-order valence-electron chi connectivity index (χ4n) is 3.35. The second-order valence-corrected chi connectivity index (χ2v) is 9.52. The monoisotopic (exact) mass is 560 g/mol. The van der Waals surface area contributed by atoms with Gasteiger partial charge in [-0.3, -0.25) is 19.4 Å². The van der Waals surface area contributed by atoms with E-state index >= 15 is 0 Å². The molecule has 0 fully saturated rings. The number of hydrogen-bond donors (Lipinski definition) is 3. The largest absolute Gasteiger partial charge is 0.325 e. The summed E-state index contributed by atoms with van der Waals surface area (Å²) in [4.78, 5) is 42.8. The molecule has 0 aliphatic carbocycles. The third-order valence-corrected chi connectivity index (χ3v) is 6.60. The molecule has 0 aliphatic rings. The van der Waals surface area contributed by atoms with E-state index < -0.39 is 17.6 Å². The summed E-state index contributed by atoms with van der Waals surface area (Å²) >= 11 is 7.47. The Morgan fingerprint density at radius 2 is 1.54 bits per heavy atom. The van der Waals surface area contributed by atoms with Crippen molar-refractivity contribution < 1.29 is 18.8 Å². The molecule has 0 bridgehead atoms. The molecule has 0 saturated heterocycles.